The molecule has 0 aliphatic rings. The monoisotopic (exact) mass is 262 g/mol. The molecule has 1 aromatic carbocycles. The van der Waals surface area contributed by atoms with Crippen molar-refractivity contribution < 1.29 is 17.5 Å². The van der Waals surface area contributed by atoms with Crippen LogP contribution in [0.25, 0.3) is 0 Å². The van der Waals surface area contributed by atoms with Crippen LogP contribution in [0, 0.1) is 5.82 Å². The number of sulfonamides is 1. The lowest BCUT2D eigenvalue weighted by atomic mass is 10.3. The molecule has 0 bridgehead atoms. The van der Waals surface area contributed by atoms with Gasteiger partial charge in [-0.05, 0) is 18.2 Å². The van der Waals surface area contributed by atoms with Gasteiger partial charge in [-0.2, -0.15) is 4.31 Å². The van der Waals surface area contributed by atoms with Crippen LogP contribution in [0.1, 0.15) is 0 Å². The van der Waals surface area contributed by atoms with Gasteiger partial charge >= 0.3 is 0 Å². The van der Waals surface area contributed by atoms with Gasteiger partial charge < -0.3 is 10.5 Å². The molecule has 0 atom stereocenters. The van der Waals surface area contributed by atoms with Gasteiger partial charge in [-0.3, -0.25) is 0 Å². The summed E-state index contributed by atoms with van der Waals surface area (Å²) in [5, 5.41) is 0. The van der Waals surface area contributed by atoms with Crippen LogP contribution >= 0.6 is 0 Å². The Labute approximate surface area is 100 Å². The van der Waals surface area contributed by atoms with Crippen molar-refractivity contribution in [2.45, 2.75) is 4.90 Å². The first-order valence-corrected chi connectivity index (χ1v) is 6.34. The summed E-state index contributed by atoms with van der Waals surface area (Å²) in [5.74, 6) is -0.636. The van der Waals surface area contributed by atoms with Crippen molar-refractivity contribution in [3.63, 3.8) is 0 Å². The van der Waals surface area contributed by atoms with Crippen LogP contribution in [0.2, 0.25) is 0 Å². The summed E-state index contributed by atoms with van der Waals surface area (Å²) in [5.41, 5.74) is 5.15. The molecule has 0 amide bonds. The molecular weight excluding hydrogens is 247 g/mol. The zero-order valence-corrected chi connectivity index (χ0v) is 10.5. The Kier molecular flexibility index (Phi) is 4.44. The fraction of sp³-hybridized carbons (Fsp3) is 0.400. The third-order valence-electron chi connectivity index (χ3n) is 2.29. The summed E-state index contributed by atoms with van der Waals surface area (Å²) in [4.78, 5) is -0.0324. The number of halogens is 1. The van der Waals surface area contributed by atoms with Crippen molar-refractivity contribution in [1.82, 2.24) is 4.31 Å². The first kappa shape index (κ1) is 13.9. The van der Waals surface area contributed by atoms with Gasteiger partial charge in [0.25, 0.3) is 0 Å². The van der Waals surface area contributed by atoms with Gasteiger partial charge in [0, 0.05) is 20.7 Å². The molecule has 0 unspecified atom stereocenters. The lowest BCUT2D eigenvalue weighted by Crippen LogP contribution is -2.30. The summed E-state index contributed by atoms with van der Waals surface area (Å²) in [7, 11) is -0.737. The number of hydrogen-bond donors (Lipinski definition) is 1. The number of methoxy groups -OCH3 is 1. The van der Waals surface area contributed by atoms with Crippen LogP contribution < -0.4 is 5.73 Å². The minimum atomic E-state index is -3.64. The molecule has 0 saturated carbocycles. The van der Waals surface area contributed by atoms with Gasteiger partial charge in [-0.25, -0.2) is 12.8 Å². The number of benzene rings is 1. The number of anilines is 1. The van der Waals surface area contributed by atoms with E-state index >= 15 is 0 Å². The zero-order valence-electron chi connectivity index (χ0n) is 9.68. The van der Waals surface area contributed by atoms with Crippen LogP contribution in [0.5, 0.6) is 0 Å². The molecule has 0 saturated heterocycles. The average molecular weight is 262 g/mol. The summed E-state index contributed by atoms with van der Waals surface area (Å²) < 4.78 is 42.8. The SMILES string of the molecule is COCCN(C)S(=O)(=O)c1ccc(F)c(N)c1. The van der Waals surface area contributed by atoms with E-state index in [9.17, 15) is 12.8 Å². The normalized spacial score (nSPS) is 12.0. The quantitative estimate of drug-likeness (QED) is 0.792. The number of nitrogens with two attached hydrogens (primary N) is 1. The topological polar surface area (TPSA) is 72.6 Å². The number of likely N-dealkylation sites (N-methyl/N-ethyl adjacent to an activating group) is 1. The van der Waals surface area contributed by atoms with E-state index in [0.717, 1.165) is 16.4 Å². The molecule has 1 aromatic rings. The number of nitrogens with zero attached hydrogens (tertiary/aromatic N) is 1. The van der Waals surface area contributed by atoms with Gasteiger partial charge in [0.2, 0.25) is 10.0 Å². The molecule has 17 heavy (non-hydrogen) atoms. The Morgan fingerprint density at radius 3 is 2.65 bits per heavy atom. The second-order valence-electron chi connectivity index (χ2n) is 3.50. The van der Waals surface area contributed by atoms with Crippen molar-refractivity contribution in [2.24, 2.45) is 0 Å². The van der Waals surface area contributed by atoms with Crippen molar-refractivity contribution in [3.05, 3.63) is 24.0 Å². The predicted octanol–water partition coefficient (Wildman–Crippen LogP) is 0.675. The highest BCUT2D eigenvalue weighted by atomic mass is 32.2. The maximum absolute atomic E-state index is 12.9. The van der Waals surface area contributed by atoms with Crippen LogP contribution in [0.3, 0.4) is 0 Å². The summed E-state index contributed by atoms with van der Waals surface area (Å²) in [6, 6.07) is 3.32. The third-order valence-corrected chi connectivity index (χ3v) is 4.14. The van der Waals surface area contributed by atoms with E-state index in [1.165, 1.54) is 20.2 Å². The lowest BCUT2D eigenvalue weighted by molar-refractivity contribution is 0.185. The Balaban J connectivity index is 3.00. The van der Waals surface area contributed by atoms with Crippen LogP contribution in [0.4, 0.5) is 10.1 Å². The Hall–Kier alpha value is -1.18. The van der Waals surface area contributed by atoms with E-state index in [2.05, 4.69) is 0 Å². The fourth-order valence-electron chi connectivity index (χ4n) is 1.20. The first-order chi connectivity index (χ1) is 7.89. The van der Waals surface area contributed by atoms with E-state index in [1.54, 1.807) is 0 Å². The highest BCUT2D eigenvalue weighted by Crippen LogP contribution is 2.19. The Bertz CT molecular complexity index is 490. The lowest BCUT2D eigenvalue weighted by Gasteiger charge is -2.16. The van der Waals surface area contributed by atoms with Crippen molar-refractivity contribution in [1.29, 1.82) is 0 Å². The molecule has 5 nitrogen and oxygen atoms in total. The molecular formula is C10H15FN2O3S. The highest BCUT2D eigenvalue weighted by Gasteiger charge is 2.21. The summed E-state index contributed by atoms with van der Waals surface area (Å²) in [6.45, 7) is 0.503. The maximum Gasteiger partial charge on any atom is 0.242 e. The molecule has 0 spiro atoms. The standard InChI is InChI=1S/C10H15FN2O3S/c1-13(5-6-16-2)17(14,15)8-3-4-9(11)10(12)7-8/h3-4,7H,5-6,12H2,1-2H3. The van der Waals surface area contributed by atoms with Gasteiger partial charge in [-0.15, -0.1) is 0 Å². The second-order valence-corrected chi connectivity index (χ2v) is 5.55. The molecule has 96 valence electrons. The molecule has 7 heteroatoms. The fourth-order valence-corrected chi connectivity index (χ4v) is 2.39. The average Bonchev–Trinajstić information content (AvgIpc) is 2.29. The van der Waals surface area contributed by atoms with Crippen molar-refractivity contribution >= 4 is 15.7 Å². The van der Waals surface area contributed by atoms with E-state index in [1.807, 2.05) is 0 Å². The van der Waals surface area contributed by atoms with Gasteiger partial charge in [0.1, 0.15) is 5.82 Å². The van der Waals surface area contributed by atoms with Gasteiger partial charge in [-0.1, -0.05) is 0 Å². The molecule has 0 heterocycles. The minimum Gasteiger partial charge on any atom is -0.396 e. The Morgan fingerprint density at radius 2 is 2.12 bits per heavy atom. The van der Waals surface area contributed by atoms with E-state index in [-0.39, 0.29) is 23.7 Å². The smallest absolute Gasteiger partial charge is 0.242 e. The van der Waals surface area contributed by atoms with Gasteiger partial charge in [0.05, 0.1) is 17.2 Å². The number of nitrogen functional groups attached to an aromatic ring is 1. The molecule has 1 rings (SSSR count). The van der Waals surface area contributed by atoms with E-state index in [4.69, 9.17) is 10.5 Å². The molecule has 0 fully saturated rings. The van der Waals surface area contributed by atoms with Crippen molar-refractivity contribution in [3.8, 4) is 0 Å². The molecule has 0 radical (unpaired) electrons. The first-order valence-electron chi connectivity index (χ1n) is 4.90. The van der Waals surface area contributed by atoms with Crippen molar-refractivity contribution in [2.75, 3.05) is 33.0 Å². The summed E-state index contributed by atoms with van der Waals surface area (Å²) in [6.07, 6.45) is 0. The van der Waals surface area contributed by atoms with Crippen LogP contribution in [0.15, 0.2) is 23.1 Å². The molecule has 2 N–H and O–H groups in total. The van der Waals surface area contributed by atoms with Gasteiger partial charge in [0.15, 0.2) is 0 Å². The maximum atomic E-state index is 12.9. The van der Waals surface area contributed by atoms with E-state index < -0.39 is 15.8 Å². The number of rotatable bonds is 5. The number of hydrogen-bond acceptors (Lipinski definition) is 4. The highest BCUT2D eigenvalue weighted by molar-refractivity contribution is 7.89. The van der Waals surface area contributed by atoms with Crippen LogP contribution in [-0.4, -0.2) is 40.0 Å². The molecule has 0 aliphatic heterocycles. The zero-order chi connectivity index (χ0) is 13.1. The Morgan fingerprint density at radius 1 is 1.47 bits per heavy atom. The summed E-state index contributed by atoms with van der Waals surface area (Å²) >= 11 is 0. The second kappa shape index (κ2) is 5.44. The minimum absolute atomic E-state index is 0.0324. The predicted molar refractivity (Wildman–Crippen MR) is 62.5 cm³/mol. The molecule has 0 aromatic heterocycles. The number of ether oxygens (including phenoxy) is 1. The molecule has 0 aliphatic carbocycles. The largest absolute Gasteiger partial charge is 0.396 e. The van der Waals surface area contributed by atoms with E-state index in [0.29, 0.717) is 0 Å². The third kappa shape index (κ3) is 3.15. The van der Waals surface area contributed by atoms with Crippen LogP contribution in [-0.2, 0) is 14.8 Å².